The maximum Gasteiger partial charge on any atom is 0.347 e. The fraction of sp³-hybridized carbons (Fsp3) is 0.111. The van der Waals surface area contributed by atoms with Crippen LogP contribution in [0.2, 0.25) is 0 Å². The summed E-state index contributed by atoms with van der Waals surface area (Å²) in [6.07, 6.45) is 0. The van der Waals surface area contributed by atoms with E-state index in [9.17, 15) is 22.8 Å². The molecule has 1 aliphatic carbocycles. The van der Waals surface area contributed by atoms with Crippen molar-refractivity contribution in [1.82, 2.24) is 0 Å². The van der Waals surface area contributed by atoms with Crippen molar-refractivity contribution in [1.29, 1.82) is 0 Å². The Kier molecular flexibility index (Phi) is 3.33. The van der Waals surface area contributed by atoms with Gasteiger partial charge in [0.15, 0.2) is 17.2 Å². The van der Waals surface area contributed by atoms with E-state index >= 15 is 0 Å². The van der Waals surface area contributed by atoms with Gasteiger partial charge in [-0.3, -0.25) is 4.79 Å². The highest BCUT2D eigenvalue weighted by Gasteiger charge is 2.27. The zero-order chi connectivity index (χ0) is 18.7. The molecule has 0 radical (unpaired) electrons. The largest absolute Gasteiger partial charge is 0.452 e. The number of hydrogen-bond donors (Lipinski definition) is 0. The minimum Gasteiger partial charge on any atom is -0.452 e. The monoisotopic (exact) mass is 361 g/mol. The molecule has 1 aromatic carbocycles. The summed E-state index contributed by atoms with van der Waals surface area (Å²) >= 11 is 0. The van der Waals surface area contributed by atoms with Crippen molar-refractivity contribution in [2.45, 2.75) is 0 Å². The number of halogens is 3. The third-order valence-electron chi connectivity index (χ3n) is 4.16. The Bertz CT molecular complexity index is 1290. The predicted octanol–water partition coefficient (Wildman–Crippen LogP) is 3.49. The van der Waals surface area contributed by atoms with Crippen molar-refractivity contribution in [3.8, 4) is 11.3 Å². The molecule has 0 atom stereocenters. The Morgan fingerprint density at radius 1 is 0.885 bits per heavy atom. The summed E-state index contributed by atoms with van der Waals surface area (Å²) in [4.78, 5) is 25.5. The van der Waals surface area contributed by atoms with Gasteiger partial charge in [0.25, 0.3) is 5.43 Å². The zero-order valence-electron chi connectivity index (χ0n) is 13.5. The number of benzene rings is 2. The molecule has 0 amide bonds. The summed E-state index contributed by atoms with van der Waals surface area (Å²) in [5.41, 5.74) is -2.42. The molecule has 0 unspecified atom stereocenters. The van der Waals surface area contributed by atoms with E-state index in [-0.39, 0.29) is 16.6 Å². The highest BCUT2D eigenvalue weighted by Crippen LogP contribution is 2.34. The van der Waals surface area contributed by atoms with Crippen molar-refractivity contribution in [2.24, 2.45) is 0 Å². The van der Waals surface area contributed by atoms with Gasteiger partial charge >= 0.3 is 5.63 Å². The smallest absolute Gasteiger partial charge is 0.347 e. The molecule has 4 rings (SSSR count). The lowest BCUT2D eigenvalue weighted by atomic mass is 10.1. The lowest BCUT2D eigenvalue weighted by Gasteiger charge is -2.13. The van der Waals surface area contributed by atoms with Crippen molar-refractivity contribution >= 4 is 27.6 Å². The van der Waals surface area contributed by atoms with Crippen molar-refractivity contribution in [2.75, 3.05) is 19.0 Å². The zero-order valence-corrected chi connectivity index (χ0v) is 13.5. The molecule has 0 spiro atoms. The number of nitrogens with zero attached hydrogens (tertiary/aromatic N) is 1. The molecule has 5 nitrogen and oxygen atoms in total. The van der Waals surface area contributed by atoms with E-state index in [0.717, 1.165) is 11.8 Å². The van der Waals surface area contributed by atoms with E-state index in [2.05, 4.69) is 0 Å². The molecule has 2 aliphatic rings. The van der Waals surface area contributed by atoms with Crippen LogP contribution in [0.25, 0.3) is 33.3 Å². The van der Waals surface area contributed by atoms with Crippen LogP contribution in [0.1, 0.15) is 0 Å². The first-order chi connectivity index (χ1) is 12.3. The van der Waals surface area contributed by atoms with Crippen LogP contribution >= 0.6 is 0 Å². The van der Waals surface area contributed by atoms with Gasteiger partial charge in [-0.05, 0) is 18.2 Å². The second-order valence-electron chi connectivity index (χ2n) is 5.97. The Balaban J connectivity index is 2.23. The number of anilines is 1. The van der Waals surface area contributed by atoms with Crippen LogP contribution in [-0.4, -0.2) is 14.1 Å². The Morgan fingerprint density at radius 3 is 2.31 bits per heavy atom. The van der Waals surface area contributed by atoms with Gasteiger partial charge in [0, 0.05) is 25.8 Å². The Labute approximate surface area is 143 Å². The van der Waals surface area contributed by atoms with Gasteiger partial charge in [0.05, 0.1) is 10.9 Å². The van der Waals surface area contributed by atoms with Gasteiger partial charge < -0.3 is 13.7 Å². The lowest BCUT2D eigenvalue weighted by Crippen LogP contribution is -2.17. The summed E-state index contributed by atoms with van der Waals surface area (Å²) in [6, 6.07) is 5.79. The van der Waals surface area contributed by atoms with Crippen molar-refractivity contribution in [3.63, 3.8) is 0 Å². The third kappa shape index (κ3) is 2.11. The molecular weight excluding hydrogens is 351 g/mol. The molecule has 0 bridgehead atoms. The normalized spacial score (nSPS) is 11.6. The Morgan fingerprint density at radius 2 is 1.62 bits per heavy atom. The molecule has 0 saturated heterocycles. The van der Waals surface area contributed by atoms with Gasteiger partial charge in [-0.2, -0.15) is 8.78 Å². The van der Waals surface area contributed by atoms with Gasteiger partial charge in [-0.25, -0.2) is 9.18 Å². The van der Waals surface area contributed by atoms with Crippen LogP contribution in [0, 0.1) is 17.5 Å². The predicted molar refractivity (Wildman–Crippen MR) is 89.3 cm³/mol. The standard InChI is InChI=1S/C18H10F3NO4/c1-22(2)7-3-4-8-11(5-7)25-18(24)10-6-9-12(19)13(20)15(23)14(21)17(9)26-16(8)10/h3-6H,1-2H3. The number of rotatable bonds is 1. The van der Waals surface area contributed by atoms with Crippen molar-refractivity contribution < 1.29 is 22.0 Å². The third-order valence-corrected chi connectivity index (χ3v) is 4.16. The molecule has 132 valence electrons. The molecular formula is C18H10F3NO4. The topological polar surface area (TPSA) is 63.7 Å². The van der Waals surface area contributed by atoms with E-state index in [4.69, 9.17) is 8.83 Å². The first-order valence-electron chi connectivity index (χ1n) is 7.48. The molecule has 0 saturated carbocycles. The van der Waals surface area contributed by atoms with E-state index in [0.29, 0.717) is 5.39 Å². The van der Waals surface area contributed by atoms with Crippen LogP contribution in [0.5, 0.6) is 0 Å². The average molecular weight is 361 g/mol. The molecule has 26 heavy (non-hydrogen) atoms. The van der Waals surface area contributed by atoms with Crippen LogP contribution in [0.3, 0.4) is 0 Å². The average Bonchev–Trinajstić information content (AvgIpc) is 2.63. The summed E-state index contributed by atoms with van der Waals surface area (Å²) in [5, 5.41) is 0.127. The molecule has 1 aliphatic heterocycles. The first-order valence-corrected chi connectivity index (χ1v) is 7.48. The molecule has 0 fully saturated rings. The quantitative estimate of drug-likeness (QED) is 0.225. The number of fused-ring (bicyclic) bond motifs is 4. The van der Waals surface area contributed by atoms with Crippen LogP contribution in [-0.2, 0) is 0 Å². The first kappa shape index (κ1) is 16.2. The maximum absolute atomic E-state index is 14.1. The highest BCUT2D eigenvalue weighted by molar-refractivity contribution is 6.02. The molecule has 2 aromatic rings. The maximum atomic E-state index is 14.1. The van der Waals surface area contributed by atoms with Crippen molar-refractivity contribution in [3.05, 3.63) is 62.4 Å². The fourth-order valence-electron chi connectivity index (χ4n) is 2.80. The van der Waals surface area contributed by atoms with Gasteiger partial charge in [-0.15, -0.1) is 0 Å². The molecule has 0 N–H and O–H groups in total. The van der Waals surface area contributed by atoms with E-state index in [1.165, 1.54) is 0 Å². The van der Waals surface area contributed by atoms with Gasteiger partial charge in [0.1, 0.15) is 11.0 Å². The van der Waals surface area contributed by atoms with Crippen LogP contribution < -0.4 is 16.0 Å². The van der Waals surface area contributed by atoms with Gasteiger partial charge in [-0.1, -0.05) is 0 Å². The molecule has 2 heterocycles. The van der Waals surface area contributed by atoms with Crippen LogP contribution in [0.15, 0.2) is 42.7 Å². The summed E-state index contributed by atoms with van der Waals surface area (Å²) in [6.45, 7) is 0. The summed E-state index contributed by atoms with van der Waals surface area (Å²) in [7, 11) is 3.58. The summed E-state index contributed by atoms with van der Waals surface area (Å²) in [5.74, 6) is -5.78. The van der Waals surface area contributed by atoms with E-state index in [1.807, 2.05) is 0 Å². The lowest BCUT2D eigenvalue weighted by molar-refractivity contribution is 0.465. The minimum absolute atomic E-state index is 0.0848. The second kappa shape index (κ2) is 5.35. The summed E-state index contributed by atoms with van der Waals surface area (Å²) < 4.78 is 52.2. The highest BCUT2D eigenvalue weighted by atomic mass is 19.2. The minimum atomic E-state index is -1.87. The fourth-order valence-corrected chi connectivity index (χ4v) is 2.80. The van der Waals surface area contributed by atoms with Crippen LogP contribution in [0.4, 0.5) is 18.9 Å². The van der Waals surface area contributed by atoms with E-state index in [1.54, 1.807) is 37.2 Å². The second-order valence-corrected chi connectivity index (χ2v) is 5.97. The van der Waals surface area contributed by atoms with E-state index < -0.39 is 39.8 Å². The molecule has 8 heteroatoms. The van der Waals surface area contributed by atoms with Gasteiger partial charge in [0.2, 0.25) is 11.6 Å². The SMILES string of the molecule is CN(C)c1ccc2c(c1)oc(=O)c1cc3c(F)c(F)c(=O)c(F)c-3oc12. The molecule has 1 aromatic heterocycles. The number of hydrogen-bond acceptors (Lipinski definition) is 5. The Hall–Kier alpha value is -3.29.